The van der Waals surface area contributed by atoms with Crippen LogP contribution in [0.3, 0.4) is 0 Å². The first-order chi connectivity index (χ1) is 5.63. The molecular weight excluding hydrogens is 168 g/mol. The molecule has 1 heterocycles. The molecule has 5 heteroatoms. The van der Waals surface area contributed by atoms with Crippen LogP contribution in [0.1, 0.15) is 11.7 Å². The van der Waals surface area contributed by atoms with Crippen molar-refractivity contribution < 1.29 is 18.7 Å². The minimum absolute atomic E-state index is 0.551. The summed E-state index contributed by atoms with van der Waals surface area (Å²) in [6.07, 6.45) is -1.23. The number of aliphatic carboxylic acids is 1. The van der Waals surface area contributed by atoms with Crippen molar-refractivity contribution in [2.75, 3.05) is 0 Å². The van der Waals surface area contributed by atoms with Gasteiger partial charge in [0, 0.05) is 6.20 Å². The third-order valence-corrected chi connectivity index (χ3v) is 1.28. The lowest BCUT2D eigenvalue weighted by molar-refractivity contribution is -0.143. The number of carboxylic acid groups (broad SMARTS) is 1. The van der Waals surface area contributed by atoms with Crippen LogP contribution in [-0.4, -0.2) is 16.1 Å². The van der Waals surface area contributed by atoms with Gasteiger partial charge >= 0.3 is 5.97 Å². The molecule has 0 aliphatic heterocycles. The summed E-state index contributed by atoms with van der Waals surface area (Å²) >= 11 is 0. The van der Waals surface area contributed by atoms with Gasteiger partial charge in [-0.25, -0.2) is 14.2 Å². The van der Waals surface area contributed by atoms with Crippen LogP contribution >= 0.6 is 0 Å². The highest BCUT2D eigenvalue weighted by atomic mass is 19.1. The van der Waals surface area contributed by atoms with Gasteiger partial charge < -0.3 is 5.11 Å². The molecule has 0 aliphatic rings. The minimum Gasteiger partial charge on any atom is -0.479 e. The number of nitrogens with zero attached hydrogens (tertiary/aromatic N) is 1. The molecule has 0 radical (unpaired) electrons. The fourth-order valence-corrected chi connectivity index (χ4v) is 0.721. The van der Waals surface area contributed by atoms with Crippen LogP contribution in [0.4, 0.5) is 8.78 Å². The van der Waals surface area contributed by atoms with Gasteiger partial charge in [-0.1, -0.05) is 0 Å². The minimum atomic E-state index is -2.35. The van der Waals surface area contributed by atoms with Crippen molar-refractivity contribution in [1.82, 2.24) is 4.98 Å². The molecule has 1 unspecified atom stereocenters. The van der Waals surface area contributed by atoms with E-state index in [1.165, 1.54) is 6.07 Å². The average Bonchev–Trinajstić information content (AvgIpc) is 2.04. The van der Waals surface area contributed by atoms with Crippen LogP contribution in [-0.2, 0) is 4.79 Å². The smallest absolute Gasteiger partial charge is 0.343 e. The molecule has 0 aromatic carbocycles. The number of hydrogen-bond acceptors (Lipinski definition) is 2. The predicted octanol–water partition coefficient (Wildman–Crippen LogP) is 1.32. The normalized spacial score (nSPS) is 12.5. The first-order valence-corrected chi connectivity index (χ1v) is 3.10. The zero-order valence-corrected chi connectivity index (χ0v) is 5.87. The maximum absolute atomic E-state index is 12.6. The molecule has 1 N–H and O–H groups in total. The third kappa shape index (κ3) is 1.55. The highest BCUT2D eigenvalue weighted by molar-refractivity contribution is 5.74. The molecule has 1 rings (SSSR count). The number of aromatic nitrogens is 1. The summed E-state index contributed by atoms with van der Waals surface area (Å²) in [7, 11) is 0. The topological polar surface area (TPSA) is 50.2 Å². The van der Waals surface area contributed by atoms with E-state index in [9.17, 15) is 13.6 Å². The van der Waals surface area contributed by atoms with Gasteiger partial charge in [-0.05, 0) is 12.1 Å². The van der Waals surface area contributed by atoms with E-state index in [0.29, 0.717) is 0 Å². The molecule has 0 aliphatic carbocycles. The molecule has 1 atom stereocenters. The molecule has 0 saturated carbocycles. The lowest BCUT2D eigenvalue weighted by atomic mass is 10.2. The van der Waals surface area contributed by atoms with Gasteiger partial charge in [0.2, 0.25) is 12.1 Å². The molecule has 0 bridgehead atoms. The number of carboxylic acids is 1. The molecule has 0 amide bonds. The average molecular weight is 173 g/mol. The highest BCUT2D eigenvalue weighted by Crippen LogP contribution is 2.18. The van der Waals surface area contributed by atoms with E-state index < -0.39 is 23.7 Å². The van der Waals surface area contributed by atoms with Gasteiger partial charge in [-0.15, -0.1) is 0 Å². The molecule has 3 nitrogen and oxygen atoms in total. The largest absolute Gasteiger partial charge is 0.479 e. The van der Waals surface area contributed by atoms with Crippen molar-refractivity contribution in [3.8, 4) is 0 Å². The second kappa shape index (κ2) is 3.25. The molecule has 1 aromatic rings. The lowest BCUT2D eigenvalue weighted by Gasteiger charge is -2.02. The van der Waals surface area contributed by atoms with E-state index in [1.54, 1.807) is 0 Å². The second-order valence-corrected chi connectivity index (χ2v) is 2.08. The van der Waals surface area contributed by atoms with Gasteiger partial charge in [0.1, 0.15) is 0 Å². The number of hydrogen-bond donors (Lipinski definition) is 1. The van der Waals surface area contributed by atoms with Crippen LogP contribution in [0.5, 0.6) is 0 Å². The van der Waals surface area contributed by atoms with E-state index >= 15 is 0 Å². The van der Waals surface area contributed by atoms with Crippen molar-refractivity contribution in [2.45, 2.75) is 6.17 Å². The van der Waals surface area contributed by atoms with Crippen molar-refractivity contribution in [3.05, 3.63) is 29.8 Å². The number of pyridine rings is 1. The van der Waals surface area contributed by atoms with Crippen molar-refractivity contribution in [1.29, 1.82) is 0 Å². The Morgan fingerprint density at radius 1 is 1.67 bits per heavy atom. The van der Waals surface area contributed by atoms with Crippen molar-refractivity contribution >= 4 is 5.97 Å². The summed E-state index contributed by atoms with van der Waals surface area (Å²) in [5.41, 5.74) is -0.551. The summed E-state index contributed by atoms with van der Waals surface area (Å²) in [5.74, 6) is -2.81. The highest BCUT2D eigenvalue weighted by Gasteiger charge is 2.22. The Kier molecular flexibility index (Phi) is 2.32. The molecule has 1 aromatic heterocycles. The molecule has 0 saturated heterocycles. The first kappa shape index (κ1) is 8.58. The number of alkyl halides is 1. The van der Waals surface area contributed by atoms with Crippen LogP contribution in [0.15, 0.2) is 18.3 Å². The number of halogens is 2. The molecule has 0 spiro atoms. The molecule has 12 heavy (non-hydrogen) atoms. The number of rotatable bonds is 2. The van der Waals surface area contributed by atoms with Gasteiger partial charge in [0.05, 0.1) is 5.56 Å². The Labute approximate surface area is 66.7 Å². The van der Waals surface area contributed by atoms with E-state index in [2.05, 4.69) is 4.98 Å². The lowest BCUT2D eigenvalue weighted by Crippen LogP contribution is -2.08. The fraction of sp³-hybridized carbons (Fsp3) is 0.143. The van der Waals surface area contributed by atoms with Crippen molar-refractivity contribution in [2.24, 2.45) is 0 Å². The standard InChI is InChI=1S/C7H5F2NO2/c8-5(7(11)12)4-2-1-3-10-6(4)9/h1-3,5H,(H,11,12). The summed E-state index contributed by atoms with van der Waals surface area (Å²) in [6, 6.07) is 2.31. The number of carbonyl (C=O) groups is 1. The Hall–Kier alpha value is -1.52. The van der Waals surface area contributed by atoms with Gasteiger partial charge in [0.25, 0.3) is 0 Å². The maximum atomic E-state index is 12.6. The summed E-state index contributed by atoms with van der Waals surface area (Å²) in [5, 5.41) is 8.19. The quantitative estimate of drug-likeness (QED) is 0.686. The Balaban J connectivity index is 3.02. The Bertz CT molecular complexity index is 303. The molecule has 0 fully saturated rings. The van der Waals surface area contributed by atoms with Gasteiger partial charge in [0.15, 0.2) is 0 Å². The molecular formula is C7H5F2NO2. The zero-order chi connectivity index (χ0) is 9.14. The van der Waals surface area contributed by atoms with Gasteiger partial charge in [-0.2, -0.15) is 4.39 Å². The van der Waals surface area contributed by atoms with Gasteiger partial charge in [-0.3, -0.25) is 0 Å². The van der Waals surface area contributed by atoms with Crippen LogP contribution in [0.2, 0.25) is 0 Å². The summed E-state index contributed by atoms with van der Waals surface area (Å²) in [4.78, 5) is 13.2. The predicted molar refractivity (Wildman–Crippen MR) is 35.7 cm³/mol. The Morgan fingerprint density at radius 3 is 2.83 bits per heavy atom. The second-order valence-electron chi connectivity index (χ2n) is 2.08. The van der Waals surface area contributed by atoms with E-state index in [-0.39, 0.29) is 0 Å². The fourth-order valence-electron chi connectivity index (χ4n) is 0.721. The maximum Gasteiger partial charge on any atom is 0.343 e. The van der Waals surface area contributed by atoms with Crippen LogP contribution in [0.25, 0.3) is 0 Å². The van der Waals surface area contributed by atoms with Crippen molar-refractivity contribution in [3.63, 3.8) is 0 Å². The van der Waals surface area contributed by atoms with E-state index in [0.717, 1.165) is 12.3 Å². The summed E-state index contributed by atoms with van der Waals surface area (Å²) in [6.45, 7) is 0. The first-order valence-electron chi connectivity index (χ1n) is 3.10. The SMILES string of the molecule is O=C(O)C(F)c1cccnc1F. The molecule has 64 valence electrons. The van der Waals surface area contributed by atoms with E-state index in [1.807, 2.05) is 0 Å². The third-order valence-electron chi connectivity index (χ3n) is 1.28. The van der Waals surface area contributed by atoms with Crippen LogP contribution < -0.4 is 0 Å². The van der Waals surface area contributed by atoms with Crippen LogP contribution in [0, 0.1) is 5.95 Å². The summed E-state index contributed by atoms with van der Waals surface area (Å²) < 4.78 is 25.2. The van der Waals surface area contributed by atoms with E-state index in [4.69, 9.17) is 5.11 Å². The monoisotopic (exact) mass is 173 g/mol. The zero-order valence-electron chi connectivity index (χ0n) is 5.87. The Morgan fingerprint density at radius 2 is 2.33 bits per heavy atom.